The van der Waals surface area contributed by atoms with Gasteiger partial charge in [-0.15, -0.1) is 0 Å². The van der Waals surface area contributed by atoms with Crippen LogP contribution in [-0.4, -0.2) is 54.8 Å². The molecule has 2 aliphatic rings. The van der Waals surface area contributed by atoms with Crippen molar-refractivity contribution in [2.24, 2.45) is 0 Å². The Labute approximate surface area is 172 Å². The van der Waals surface area contributed by atoms with Crippen LogP contribution in [0.15, 0.2) is 24.3 Å². The Hall–Kier alpha value is -2.57. The molecule has 3 rings (SSSR count). The zero-order valence-corrected chi connectivity index (χ0v) is 17.3. The molecule has 3 amide bonds. The molecule has 2 saturated heterocycles. The second-order valence-electron chi connectivity index (χ2n) is 7.88. The summed E-state index contributed by atoms with van der Waals surface area (Å²) in [4.78, 5) is 40.8. The summed E-state index contributed by atoms with van der Waals surface area (Å²) in [6, 6.07) is 7.31. The van der Waals surface area contributed by atoms with Crippen LogP contribution >= 0.6 is 0 Å². The minimum absolute atomic E-state index is 0.110. The summed E-state index contributed by atoms with van der Waals surface area (Å²) < 4.78 is 0. The Morgan fingerprint density at radius 1 is 1.14 bits per heavy atom. The minimum atomic E-state index is -0.572. The molecule has 0 bridgehead atoms. The van der Waals surface area contributed by atoms with Crippen molar-refractivity contribution >= 4 is 29.1 Å². The molecule has 1 aromatic carbocycles. The van der Waals surface area contributed by atoms with Crippen LogP contribution in [0.5, 0.6) is 0 Å². The molecule has 158 valence electrons. The molecule has 2 aliphatic heterocycles. The second-order valence-corrected chi connectivity index (χ2v) is 7.88. The predicted molar refractivity (Wildman–Crippen MR) is 114 cm³/mol. The Bertz CT molecular complexity index is 731. The van der Waals surface area contributed by atoms with E-state index in [-0.39, 0.29) is 24.1 Å². The van der Waals surface area contributed by atoms with Gasteiger partial charge >= 0.3 is 0 Å². The third-order valence-corrected chi connectivity index (χ3v) is 5.59. The van der Waals surface area contributed by atoms with Crippen LogP contribution < -0.4 is 15.5 Å². The van der Waals surface area contributed by atoms with E-state index in [1.807, 2.05) is 25.1 Å². The van der Waals surface area contributed by atoms with Crippen molar-refractivity contribution in [2.45, 2.75) is 57.9 Å². The van der Waals surface area contributed by atoms with Crippen LogP contribution in [0.1, 0.15) is 51.9 Å². The molecule has 0 aliphatic carbocycles. The Morgan fingerprint density at radius 2 is 1.93 bits per heavy atom. The van der Waals surface area contributed by atoms with Crippen molar-refractivity contribution in [3.05, 3.63) is 24.3 Å². The van der Waals surface area contributed by atoms with E-state index < -0.39 is 6.04 Å². The van der Waals surface area contributed by atoms with E-state index in [1.54, 1.807) is 4.90 Å². The maximum Gasteiger partial charge on any atom is 0.246 e. The molecule has 2 fully saturated rings. The zero-order valence-electron chi connectivity index (χ0n) is 17.3. The van der Waals surface area contributed by atoms with Gasteiger partial charge in [0, 0.05) is 50.4 Å². The molecule has 0 spiro atoms. The molecular weight excluding hydrogens is 368 g/mol. The predicted octanol–water partition coefficient (Wildman–Crippen LogP) is 2.52. The van der Waals surface area contributed by atoms with Crippen LogP contribution in [0, 0.1) is 0 Å². The molecule has 0 radical (unpaired) electrons. The third kappa shape index (κ3) is 5.95. The van der Waals surface area contributed by atoms with Gasteiger partial charge < -0.3 is 20.4 Å². The molecule has 2 heterocycles. The van der Waals surface area contributed by atoms with Gasteiger partial charge in [0.2, 0.25) is 17.7 Å². The average Bonchev–Trinajstić information content (AvgIpc) is 3.38. The smallest absolute Gasteiger partial charge is 0.246 e. The van der Waals surface area contributed by atoms with Gasteiger partial charge in [0.25, 0.3) is 0 Å². The molecule has 1 aromatic rings. The fourth-order valence-corrected chi connectivity index (χ4v) is 3.99. The first kappa shape index (κ1) is 21.1. The van der Waals surface area contributed by atoms with E-state index in [1.165, 1.54) is 12.8 Å². The monoisotopic (exact) mass is 400 g/mol. The Balaban J connectivity index is 1.53. The summed E-state index contributed by atoms with van der Waals surface area (Å²) in [6.45, 7) is 5.22. The van der Waals surface area contributed by atoms with E-state index in [2.05, 4.69) is 21.6 Å². The highest BCUT2D eigenvalue weighted by Crippen LogP contribution is 2.23. The van der Waals surface area contributed by atoms with Crippen molar-refractivity contribution in [1.29, 1.82) is 0 Å². The molecule has 29 heavy (non-hydrogen) atoms. The number of likely N-dealkylation sites (tertiary alicyclic amines) is 1. The van der Waals surface area contributed by atoms with Crippen LogP contribution in [0.4, 0.5) is 11.4 Å². The number of hydrogen-bond acceptors (Lipinski definition) is 4. The van der Waals surface area contributed by atoms with Gasteiger partial charge in [0.1, 0.15) is 6.04 Å². The highest BCUT2D eigenvalue weighted by atomic mass is 16.2. The molecule has 0 saturated carbocycles. The molecule has 1 atom stereocenters. The van der Waals surface area contributed by atoms with Gasteiger partial charge in [-0.05, 0) is 43.9 Å². The van der Waals surface area contributed by atoms with Crippen molar-refractivity contribution in [2.75, 3.05) is 36.4 Å². The quantitative estimate of drug-likeness (QED) is 0.667. The van der Waals surface area contributed by atoms with Gasteiger partial charge in [0.05, 0.1) is 0 Å². The normalized spacial score (nSPS) is 17.5. The molecular formula is C22H32N4O3. The summed E-state index contributed by atoms with van der Waals surface area (Å²) in [6.07, 6.45) is 5.41. The maximum absolute atomic E-state index is 12.8. The van der Waals surface area contributed by atoms with E-state index in [0.717, 1.165) is 43.9 Å². The van der Waals surface area contributed by atoms with E-state index in [4.69, 9.17) is 0 Å². The summed E-state index contributed by atoms with van der Waals surface area (Å²) in [5.41, 5.74) is 1.86. The summed E-state index contributed by atoms with van der Waals surface area (Å²) in [7, 11) is 0. The molecule has 7 heteroatoms. The van der Waals surface area contributed by atoms with E-state index in [9.17, 15) is 14.4 Å². The van der Waals surface area contributed by atoms with Gasteiger partial charge in [-0.1, -0.05) is 19.4 Å². The highest BCUT2D eigenvalue weighted by molar-refractivity contribution is 5.97. The second kappa shape index (κ2) is 10.3. The van der Waals surface area contributed by atoms with Crippen LogP contribution in [0.25, 0.3) is 0 Å². The van der Waals surface area contributed by atoms with Crippen LogP contribution in [0.3, 0.4) is 0 Å². The van der Waals surface area contributed by atoms with Crippen molar-refractivity contribution in [3.8, 4) is 0 Å². The number of amides is 3. The standard InChI is InChI=1S/C22H32N4O3/c1-2-7-19(24-20(27)11-15-26-14-6-10-21(26)28)22(29)23-17-8-5-9-18(16-17)25-12-3-4-13-25/h5,8-9,16,19H,2-4,6-7,10-15H2,1H3,(H,23,29)(H,24,27). The fraction of sp³-hybridized carbons (Fsp3) is 0.591. The molecule has 0 aromatic heterocycles. The van der Waals surface area contributed by atoms with Gasteiger partial charge in [0.15, 0.2) is 0 Å². The number of nitrogens with zero attached hydrogens (tertiary/aromatic N) is 2. The zero-order chi connectivity index (χ0) is 20.6. The SMILES string of the molecule is CCCC(NC(=O)CCN1CCCC1=O)C(=O)Nc1cccc(N2CCCC2)c1. The lowest BCUT2D eigenvalue weighted by molar-refractivity contribution is -0.129. The number of nitrogens with one attached hydrogen (secondary N) is 2. The Kier molecular flexibility index (Phi) is 7.49. The number of hydrogen-bond donors (Lipinski definition) is 2. The minimum Gasteiger partial charge on any atom is -0.371 e. The largest absolute Gasteiger partial charge is 0.371 e. The fourth-order valence-electron chi connectivity index (χ4n) is 3.99. The highest BCUT2D eigenvalue weighted by Gasteiger charge is 2.23. The number of carbonyl (C=O) groups is 3. The lowest BCUT2D eigenvalue weighted by atomic mass is 10.1. The first-order valence-corrected chi connectivity index (χ1v) is 10.8. The van der Waals surface area contributed by atoms with E-state index in [0.29, 0.717) is 19.4 Å². The van der Waals surface area contributed by atoms with Crippen LogP contribution in [-0.2, 0) is 14.4 Å². The van der Waals surface area contributed by atoms with Gasteiger partial charge in [-0.25, -0.2) is 0 Å². The van der Waals surface area contributed by atoms with E-state index >= 15 is 0 Å². The Morgan fingerprint density at radius 3 is 2.62 bits per heavy atom. The lowest BCUT2D eigenvalue weighted by Crippen LogP contribution is -2.44. The topological polar surface area (TPSA) is 81.8 Å². The summed E-state index contributed by atoms with van der Waals surface area (Å²) in [5.74, 6) is -0.279. The van der Waals surface area contributed by atoms with Gasteiger partial charge in [-0.2, -0.15) is 0 Å². The van der Waals surface area contributed by atoms with Crippen molar-refractivity contribution < 1.29 is 14.4 Å². The summed E-state index contributed by atoms with van der Waals surface area (Å²) in [5, 5.41) is 5.80. The summed E-state index contributed by atoms with van der Waals surface area (Å²) >= 11 is 0. The maximum atomic E-state index is 12.8. The number of rotatable bonds is 9. The molecule has 1 unspecified atom stereocenters. The lowest BCUT2D eigenvalue weighted by Gasteiger charge is -2.21. The number of carbonyl (C=O) groups excluding carboxylic acids is 3. The first-order valence-electron chi connectivity index (χ1n) is 10.8. The van der Waals surface area contributed by atoms with Crippen molar-refractivity contribution in [3.63, 3.8) is 0 Å². The number of anilines is 2. The molecule has 7 nitrogen and oxygen atoms in total. The third-order valence-electron chi connectivity index (χ3n) is 5.59. The van der Waals surface area contributed by atoms with Gasteiger partial charge in [-0.3, -0.25) is 14.4 Å². The molecule has 2 N–H and O–H groups in total. The number of benzene rings is 1. The van der Waals surface area contributed by atoms with Crippen LogP contribution in [0.2, 0.25) is 0 Å². The van der Waals surface area contributed by atoms with Crippen molar-refractivity contribution in [1.82, 2.24) is 10.2 Å². The first-order chi connectivity index (χ1) is 14.1. The average molecular weight is 401 g/mol.